The van der Waals surface area contributed by atoms with Crippen molar-refractivity contribution in [1.82, 2.24) is 9.27 Å². The van der Waals surface area contributed by atoms with Gasteiger partial charge in [-0.3, -0.25) is 4.79 Å². The predicted molar refractivity (Wildman–Crippen MR) is 72.1 cm³/mol. The summed E-state index contributed by atoms with van der Waals surface area (Å²) in [4.78, 5) is 15.4. The fourth-order valence-electron chi connectivity index (χ4n) is 1.76. The number of piperazine rings is 1. The van der Waals surface area contributed by atoms with Gasteiger partial charge in [0.2, 0.25) is 5.91 Å². The third-order valence-electron chi connectivity index (χ3n) is 2.76. The molecule has 2 rings (SSSR count). The summed E-state index contributed by atoms with van der Waals surface area (Å²) in [5.41, 5.74) is 5.81. The lowest BCUT2D eigenvalue weighted by molar-refractivity contribution is -0.129. The highest BCUT2D eigenvalue weighted by Crippen LogP contribution is 2.39. The Bertz CT molecular complexity index is 446. The number of ether oxygens (including phenoxy) is 1. The van der Waals surface area contributed by atoms with E-state index < -0.39 is 0 Å². The molecule has 1 fully saturated rings. The molecule has 1 aromatic rings. The van der Waals surface area contributed by atoms with Crippen LogP contribution >= 0.6 is 11.5 Å². The van der Waals surface area contributed by atoms with Crippen LogP contribution in [-0.2, 0) is 4.79 Å². The molecule has 0 saturated carbocycles. The van der Waals surface area contributed by atoms with Gasteiger partial charge in [0, 0.05) is 20.1 Å². The summed E-state index contributed by atoms with van der Waals surface area (Å²) in [5.74, 6) is 1.10. The molecule has 0 unspecified atom stereocenters. The number of carbonyl (C=O) groups is 1. The molecule has 2 heterocycles. The smallest absolute Gasteiger partial charge is 0.241 e. The van der Waals surface area contributed by atoms with Crippen LogP contribution in [0.25, 0.3) is 0 Å². The van der Waals surface area contributed by atoms with E-state index in [0.29, 0.717) is 24.7 Å². The van der Waals surface area contributed by atoms with E-state index in [-0.39, 0.29) is 12.0 Å². The third-order valence-corrected chi connectivity index (χ3v) is 3.66. The summed E-state index contributed by atoms with van der Waals surface area (Å²) in [5, 5.41) is 0.850. The molecule has 1 saturated heterocycles. The summed E-state index contributed by atoms with van der Waals surface area (Å²) in [6.07, 6.45) is 0.0330. The first-order valence-electron chi connectivity index (χ1n) is 5.89. The molecule has 7 heteroatoms. The highest BCUT2D eigenvalue weighted by molar-refractivity contribution is 7.11. The summed E-state index contributed by atoms with van der Waals surface area (Å²) in [7, 11) is 1.81. The second-order valence-corrected chi connectivity index (χ2v) is 5.36. The number of nitrogens with zero attached hydrogens (tertiary/aromatic N) is 3. The van der Waals surface area contributed by atoms with Crippen LogP contribution in [0.2, 0.25) is 0 Å². The third kappa shape index (κ3) is 2.50. The van der Waals surface area contributed by atoms with E-state index in [2.05, 4.69) is 4.37 Å². The standard InChI is InChI=1S/C11H18N4O2S/c1-7(2)17-9-10(12)13-18-11(9)15-5-4-14(3)8(16)6-15/h7H,4-6H2,1-3H3,(H2,12,13). The van der Waals surface area contributed by atoms with Crippen molar-refractivity contribution in [2.45, 2.75) is 20.0 Å². The molecule has 2 N–H and O–H groups in total. The van der Waals surface area contributed by atoms with Crippen LogP contribution in [0.4, 0.5) is 10.8 Å². The van der Waals surface area contributed by atoms with E-state index in [1.807, 2.05) is 25.8 Å². The van der Waals surface area contributed by atoms with Gasteiger partial charge in [-0.1, -0.05) is 0 Å². The summed E-state index contributed by atoms with van der Waals surface area (Å²) in [6, 6.07) is 0. The van der Waals surface area contributed by atoms with Gasteiger partial charge < -0.3 is 20.3 Å². The van der Waals surface area contributed by atoms with Gasteiger partial charge >= 0.3 is 0 Å². The van der Waals surface area contributed by atoms with Crippen LogP contribution in [0.5, 0.6) is 5.75 Å². The molecule has 100 valence electrons. The molecule has 1 aromatic heterocycles. The molecule has 0 aliphatic carbocycles. The average molecular weight is 270 g/mol. The van der Waals surface area contributed by atoms with E-state index in [9.17, 15) is 4.79 Å². The Morgan fingerprint density at radius 3 is 2.78 bits per heavy atom. The van der Waals surface area contributed by atoms with Crippen molar-refractivity contribution in [1.29, 1.82) is 0 Å². The lowest BCUT2D eigenvalue weighted by Crippen LogP contribution is -2.48. The van der Waals surface area contributed by atoms with Crippen LogP contribution in [0, 0.1) is 0 Å². The maximum Gasteiger partial charge on any atom is 0.241 e. The van der Waals surface area contributed by atoms with Crippen molar-refractivity contribution in [2.24, 2.45) is 0 Å². The maximum absolute atomic E-state index is 11.7. The Morgan fingerprint density at radius 1 is 1.44 bits per heavy atom. The predicted octanol–water partition coefficient (Wildman–Crippen LogP) is 0.791. The Labute approximate surface area is 110 Å². The first kappa shape index (κ1) is 12.9. The van der Waals surface area contributed by atoms with Crippen LogP contribution < -0.4 is 15.4 Å². The first-order chi connectivity index (χ1) is 8.49. The molecule has 0 atom stereocenters. The van der Waals surface area contributed by atoms with Crippen LogP contribution in [0.3, 0.4) is 0 Å². The van der Waals surface area contributed by atoms with Crippen molar-refractivity contribution in [2.75, 3.05) is 37.3 Å². The van der Waals surface area contributed by atoms with E-state index in [1.165, 1.54) is 11.5 Å². The molecule has 0 bridgehead atoms. The van der Waals surface area contributed by atoms with E-state index in [4.69, 9.17) is 10.5 Å². The van der Waals surface area contributed by atoms with Gasteiger partial charge in [0.25, 0.3) is 0 Å². The monoisotopic (exact) mass is 270 g/mol. The van der Waals surface area contributed by atoms with Crippen molar-refractivity contribution in [3.8, 4) is 5.75 Å². The normalized spacial score (nSPS) is 16.6. The lowest BCUT2D eigenvalue weighted by atomic mass is 10.3. The van der Waals surface area contributed by atoms with Gasteiger partial charge in [0.05, 0.1) is 12.6 Å². The number of anilines is 2. The minimum absolute atomic E-state index is 0.0330. The quantitative estimate of drug-likeness (QED) is 0.879. The van der Waals surface area contributed by atoms with Crippen molar-refractivity contribution in [3.05, 3.63) is 0 Å². The zero-order chi connectivity index (χ0) is 13.3. The zero-order valence-corrected chi connectivity index (χ0v) is 11.7. The van der Waals surface area contributed by atoms with Crippen LogP contribution in [0.1, 0.15) is 13.8 Å². The van der Waals surface area contributed by atoms with Gasteiger partial charge in [0.1, 0.15) is 0 Å². The molecular weight excluding hydrogens is 252 g/mol. The number of likely N-dealkylation sites (N-methyl/N-ethyl adjacent to an activating group) is 1. The van der Waals surface area contributed by atoms with Gasteiger partial charge in [-0.25, -0.2) is 0 Å². The van der Waals surface area contributed by atoms with Crippen molar-refractivity contribution in [3.63, 3.8) is 0 Å². The Balaban J connectivity index is 2.20. The lowest BCUT2D eigenvalue weighted by Gasteiger charge is -2.32. The van der Waals surface area contributed by atoms with Gasteiger partial charge in [-0.05, 0) is 25.4 Å². The van der Waals surface area contributed by atoms with Gasteiger partial charge in [-0.2, -0.15) is 4.37 Å². The number of nitrogen functional groups attached to an aromatic ring is 1. The molecule has 0 radical (unpaired) electrons. The van der Waals surface area contributed by atoms with E-state index in [1.54, 1.807) is 4.90 Å². The molecule has 1 aliphatic rings. The second kappa shape index (κ2) is 5.01. The second-order valence-electron chi connectivity index (χ2n) is 4.61. The highest BCUT2D eigenvalue weighted by atomic mass is 32.1. The van der Waals surface area contributed by atoms with Crippen molar-refractivity contribution >= 4 is 28.3 Å². The molecular formula is C11H18N4O2S. The number of hydrogen-bond donors (Lipinski definition) is 1. The number of amides is 1. The largest absolute Gasteiger partial charge is 0.484 e. The first-order valence-corrected chi connectivity index (χ1v) is 6.67. The maximum atomic E-state index is 11.7. The molecule has 18 heavy (non-hydrogen) atoms. The van der Waals surface area contributed by atoms with E-state index in [0.717, 1.165) is 11.5 Å². The SMILES string of the molecule is CC(C)Oc1c(N)nsc1N1CCN(C)C(=O)C1. The Hall–Kier alpha value is -1.50. The van der Waals surface area contributed by atoms with Gasteiger partial charge in [0.15, 0.2) is 16.6 Å². The van der Waals surface area contributed by atoms with Crippen molar-refractivity contribution < 1.29 is 9.53 Å². The Morgan fingerprint density at radius 2 is 2.17 bits per heavy atom. The fourth-order valence-corrected chi connectivity index (χ4v) is 2.54. The molecule has 1 aliphatic heterocycles. The summed E-state index contributed by atoms with van der Waals surface area (Å²) < 4.78 is 9.80. The number of hydrogen-bond acceptors (Lipinski definition) is 6. The average Bonchev–Trinajstić information content (AvgIpc) is 2.64. The molecule has 1 amide bonds. The number of nitrogens with two attached hydrogens (primary N) is 1. The minimum atomic E-state index is 0.0330. The van der Waals surface area contributed by atoms with Gasteiger partial charge in [-0.15, -0.1) is 0 Å². The fraction of sp³-hybridized carbons (Fsp3) is 0.636. The molecule has 0 aromatic carbocycles. The number of carbonyl (C=O) groups excluding carboxylic acids is 1. The topological polar surface area (TPSA) is 71.7 Å². The van der Waals surface area contributed by atoms with Crippen LogP contribution in [-0.4, -0.2) is 48.0 Å². The number of aromatic nitrogens is 1. The summed E-state index contributed by atoms with van der Waals surface area (Å²) in [6.45, 7) is 5.72. The highest BCUT2D eigenvalue weighted by Gasteiger charge is 2.26. The van der Waals surface area contributed by atoms with E-state index >= 15 is 0 Å². The molecule has 6 nitrogen and oxygen atoms in total. The Kier molecular flexibility index (Phi) is 3.60. The van der Waals surface area contributed by atoms with Crippen LogP contribution in [0.15, 0.2) is 0 Å². The molecule has 0 spiro atoms. The minimum Gasteiger partial charge on any atom is -0.484 e. The summed E-state index contributed by atoms with van der Waals surface area (Å²) >= 11 is 1.28. The number of rotatable bonds is 3. The zero-order valence-electron chi connectivity index (χ0n) is 10.8.